The average Bonchev–Trinajstić information content (AvgIpc) is 2.39. The minimum Gasteiger partial charge on any atom is -0.434 e. The molecule has 1 heterocycles. The molecule has 0 bridgehead atoms. The first-order chi connectivity index (χ1) is 9.13. The van der Waals surface area contributed by atoms with Crippen molar-refractivity contribution in [3.8, 4) is 11.6 Å². The fourth-order valence-electron chi connectivity index (χ4n) is 1.60. The lowest BCUT2D eigenvalue weighted by Gasteiger charge is -2.11. The predicted molar refractivity (Wildman–Crippen MR) is 76.3 cm³/mol. The molecule has 6 heteroatoms. The second kappa shape index (κ2) is 5.95. The Morgan fingerprint density at radius 1 is 1.47 bits per heavy atom. The third kappa shape index (κ3) is 3.00. The zero-order valence-corrected chi connectivity index (χ0v) is 11.8. The molecule has 0 atom stereocenters. The number of hydrogen-bond donors (Lipinski definition) is 0. The van der Waals surface area contributed by atoms with E-state index in [1.807, 2.05) is 25.1 Å². The third-order valence-electron chi connectivity index (χ3n) is 2.48. The second-order valence-corrected chi connectivity index (χ2v) is 4.73. The summed E-state index contributed by atoms with van der Waals surface area (Å²) < 4.78 is 13.1. The van der Waals surface area contributed by atoms with Crippen LogP contribution >= 0.6 is 23.3 Å². The van der Waals surface area contributed by atoms with Crippen LogP contribution in [-0.4, -0.2) is 8.75 Å². The van der Waals surface area contributed by atoms with Gasteiger partial charge in [-0.05, 0) is 24.5 Å². The van der Waals surface area contributed by atoms with Crippen LogP contribution in [0.25, 0.3) is 0 Å². The molecule has 0 aliphatic rings. The number of halogens is 1. The van der Waals surface area contributed by atoms with Crippen LogP contribution in [0.5, 0.6) is 11.6 Å². The summed E-state index contributed by atoms with van der Waals surface area (Å²) in [6.07, 6.45) is 2.42. The van der Waals surface area contributed by atoms with Crippen LogP contribution < -0.4 is 10.2 Å². The van der Waals surface area contributed by atoms with Crippen molar-refractivity contribution in [1.82, 2.24) is 8.75 Å². The lowest BCUT2D eigenvalue weighted by Crippen LogP contribution is -2.09. The van der Waals surface area contributed by atoms with Crippen molar-refractivity contribution in [2.45, 2.75) is 13.3 Å². The molecule has 2 aromatic rings. The number of aryl methyl sites for hydroxylation is 1. The van der Waals surface area contributed by atoms with Gasteiger partial charge in [-0.15, -0.1) is 11.0 Å². The van der Waals surface area contributed by atoms with E-state index in [0.29, 0.717) is 12.2 Å². The zero-order chi connectivity index (χ0) is 13.8. The highest BCUT2D eigenvalue weighted by atomic mass is 35.5. The van der Waals surface area contributed by atoms with E-state index < -0.39 is 5.43 Å². The van der Waals surface area contributed by atoms with E-state index in [2.05, 4.69) is 15.3 Å². The minimum absolute atomic E-state index is 0.0513. The van der Waals surface area contributed by atoms with Crippen molar-refractivity contribution in [3.63, 3.8) is 0 Å². The van der Waals surface area contributed by atoms with Crippen molar-refractivity contribution in [1.29, 1.82) is 0 Å². The largest absolute Gasteiger partial charge is 0.434 e. The Kier molecular flexibility index (Phi) is 4.29. The summed E-state index contributed by atoms with van der Waals surface area (Å²) in [5, 5.41) is -0.131. The molecular formula is C13H11ClN2O2S. The maximum Gasteiger partial charge on any atom is 0.283 e. The minimum atomic E-state index is -0.506. The van der Waals surface area contributed by atoms with E-state index in [1.165, 1.54) is 0 Å². The molecule has 19 heavy (non-hydrogen) atoms. The fourth-order valence-corrected chi connectivity index (χ4v) is 2.16. The van der Waals surface area contributed by atoms with Gasteiger partial charge in [0.05, 0.1) is 11.7 Å². The molecule has 98 valence electrons. The van der Waals surface area contributed by atoms with Crippen LogP contribution in [0.3, 0.4) is 0 Å². The Bertz CT molecular complexity index is 670. The van der Waals surface area contributed by atoms with Gasteiger partial charge >= 0.3 is 0 Å². The molecule has 0 radical (unpaired) electrons. The molecule has 0 fully saturated rings. The van der Waals surface area contributed by atoms with Gasteiger partial charge in [-0.3, -0.25) is 4.79 Å². The molecule has 0 saturated carbocycles. The number of allylic oxidation sites excluding steroid dienone is 1. The fraction of sp³-hybridized carbons (Fsp3) is 0.154. The van der Waals surface area contributed by atoms with Gasteiger partial charge in [0.2, 0.25) is 0 Å². The van der Waals surface area contributed by atoms with Crippen LogP contribution in [0.15, 0.2) is 35.6 Å². The molecule has 0 spiro atoms. The smallest absolute Gasteiger partial charge is 0.283 e. The summed E-state index contributed by atoms with van der Waals surface area (Å²) in [6, 6.07) is 5.74. The second-order valence-electron chi connectivity index (χ2n) is 3.85. The van der Waals surface area contributed by atoms with Gasteiger partial charge in [-0.25, -0.2) is 0 Å². The highest BCUT2D eigenvalue weighted by Crippen LogP contribution is 2.27. The van der Waals surface area contributed by atoms with Gasteiger partial charge in [-0.1, -0.05) is 35.9 Å². The van der Waals surface area contributed by atoms with E-state index in [1.54, 1.807) is 6.08 Å². The Morgan fingerprint density at radius 3 is 3.00 bits per heavy atom. The first-order valence-corrected chi connectivity index (χ1v) is 6.64. The number of hydrogen-bond acceptors (Lipinski definition) is 5. The summed E-state index contributed by atoms with van der Waals surface area (Å²) in [5.74, 6) is 0.561. The lowest BCUT2D eigenvalue weighted by molar-refractivity contribution is 0.454. The van der Waals surface area contributed by atoms with Crippen molar-refractivity contribution >= 4 is 23.3 Å². The highest BCUT2D eigenvalue weighted by Gasteiger charge is 2.13. The van der Waals surface area contributed by atoms with E-state index >= 15 is 0 Å². The lowest BCUT2D eigenvalue weighted by atomic mass is 10.1. The first kappa shape index (κ1) is 13.7. The van der Waals surface area contributed by atoms with Crippen LogP contribution in [0.2, 0.25) is 5.15 Å². The molecular weight excluding hydrogens is 284 g/mol. The van der Waals surface area contributed by atoms with E-state index in [-0.39, 0.29) is 11.0 Å². The zero-order valence-electron chi connectivity index (χ0n) is 10.2. The van der Waals surface area contributed by atoms with Crippen LogP contribution in [-0.2, 0) is 6.42 Å². The highest BCUT2D eigenvalue weighted by molar-refractivity contribution is 6.99. The monoisotopic (exact) mass is 294 g/mol. The van der Waals surface area contributed by atoms with Crippen LogP contribution in [0.4, 0.5) is 0 Å². The van der Waals surface area contributed by atoms with Gasteiger partial charge in [0.15, 0.2) is 5.15 Å². The molecule has 2 rings (SSSR count). The van der Waals surface area contributed by atoms with Gasteiger partial charge in [0.1, 0.15) is 5.75 Å². The van der Waals surface area contributed by atoms with Crippen LogP contribution in [0, 0.1) is 6.92 Å². The number of para-hydroxylation sites is 1. The molecule has 0 aliphatic heterocycles. The molecule has 1 aromatic carbocycles. The molecule has 0 unspecified atom stereocenters. The van der Waals surface area contributed by atoms with Crippen molar-refractivity contribution in [3.05, 3.63) is 57.4 Å². The van der Waals surface area contributed by atoms with Crippen molar-refractivity contribution in [2.75, 3.05) is 0 Å². The summed E-state index contributed by atoms with van der Waals surface area (Å²) >= 11 is 6.51. The van der Waals surface area contributed by atoms with Gasteiger partial charge in [0, 0.05) is 0 Å². The van der Waals surface area contributed by atoms with Gasteiger partial charge < -0.3 is 4.74 Å². The third-order valence-corrected chi connectivity index (χ3v) is 3.35. The number of nitrogens with zero attached hydrogens (tertiary/aromatic N) is 2. The maximum atomic E-state index is 11.8. The quantitative estimate of drug-likeness (QED) is 0.811. The predicted octanol–water partition coefficient (Wildman–Crippen LogP) is 3.38. The van der Waals surface area contributed by atoms with E-state index in [0.717, 1.165) is 22.9 Å². The summed E-state index contributed by atoms with van der Waals surface area (Å²) in [5.41, 5.74) is 1.35. The normalized spacial score (nSPS) is 10.2. The number of rotatable bonds is 4. The number of ether oxygens (including phenoxy) is 1. The Labute approximate surface area is 119 Å². The molecule has 0 amide bonds. The van der Waals surface area contributed by atoms with Gasteiger partial charge in [0.25, 0.3) is 11.3 Å². The topological polar surface area (TPSA) is 52.1 Å². The molecule has 4 nitrogen and oxygen atoms in total. The Hall–Kier alpha value is -1.72. The average molecular weight is 295 g/mol. The molecule has 1 aromatic heterocycles. The summed E-state index contributed by atoms with van der Waals surface area (Å²) in [7, 11) is 0. The van der Waals surface area contributed by atoms with E-state index in [4.69, 9.17) is 16.3 Å². The van der Waals surface area contributed by atoms with Crippen molar-refractivity contribution < 1.29 is 4.74 Å². The SMILES string of the molecule is C=CCc1cccc(C)c1Oc1nsnc(Cl)c1=O. The first-order valence-electron chi connectivity index (χ1n) is 5.53. The summed E-state index contributed by atoms with van der Waals surface area (Å²) in [6.45, 7) is 5.60. The summed E-state index contributed by atoms with van der Waals surface area (Å²) in [4.78, 5) is 11.8. The maximum absolute atomic E-state index is 11.8. The molecule has 0 saturated heterocycles. The van der Waals surface area contributed by atoms with E-state index in [9.17, 15) is 4.79 Å². The number of benzene rings is 1. The molecule has 0 aliphatic carbocycles. The standard InChI is InChI=1S/C13H11ClN2O2S/c1-3-5-9-7-4-6-8(2)11(9)18-13-10(17)12(14)15-19-16-13/h3-4,6-7H,1,5H2,2H3. The number of aromatic nitrogens is 2. The van der Waals surface area contributed by atoms with Crippen molar-refractivity contribution in [2.24, 2.45) is 0 Å². The Morgan fingerprint density at radius 2 is 2.26 bits per heavy atom. The molecule has 0 N–H and O–H groups in total. The Balaban J connectivity index is 2.46. The van der Waals surface area contributed by atoms with Crippen LogP contribution in [0.1, 0.15) is 11.1 Å². The van der Waals surface area contributed by atoms with Gasteiger partial charge in [-0.2, -0.15) is 4.37 Å².